The number of amides is 2. The number of ether oxygens (including phenoxy) is 1. The molecule has 2 aromatic carbocycles. The van der Waals surface area contributed by atoms with Gasteiger partial charge in [0.25, 0.3) is 0 Å². The first-order valence-corrected chi connectivity index (χ1v) is 13.7. The molecule has 3 heterocycles. The van der Waals surface area contributed by atoms with Crippen LogP contribution in [0.15, 0.2) is 64.4 Å². The number of esters is 1. The Balaban J connectivity index is 1.30. The van der Waals surface area contributed by atoms with Gasteiger partial charge >= 0.3 is 10.8 Å². The monoisotopic (exact) mass is 518 g/mol. The number of aromatic amines is 1. The lowest BCUT2D eigenvalue weighted by molar-refractivity contribution is -0.123. The van der Waals surface area contributed by atoms with E-state index in [-0.39, 0.29) is 57.4 Å². The average Bonchev–Trinajstić information content (AvgIpc) is 3.62. The SMILES string of the molecule is COC(=O)c1cccc(N2C(=O)[C@@H]3[C@H]4C[C@@H]([C@@H]3C2=O)[C@@H]2[C@@H](c3ccccc3)c3sc(=O)[nH]c3S[C@H]42)c1. The van der Waals surface area contributed by atoms with Crippen LogP contribution in [0.2, 0.25) is 0 Å². The molecule has 7 rings (SSSR count). The van der Waals surface area contributed by atoms with E-state index in [1.54, 1.807) is 36.0 Å². The van der Waals surface area contributed by atoms with E-state index < -0.39 is 5.97 Å². The van der Waals surface area contributed by atoms with E-state index in [2.05, 4.69) is 17.1 Å². The number of H-pyrrole nitrogens is 1. The molecular weight excluding hydrogens is 496 g/mol. The fourth-order valence-electron chi connectivity index (χ4n) is 7.19. The second-order valence-electron chi connectivity index (χ2n) is 9.92. The summed E-state index contributed by atoms with van der Waals surface area (Å²) in [5.41, 5.74) is 1.87. The Morgan fingerprint density at radius 2 is 1.75 bits per heavy atom. The van der Waals surface area contributed by atoms with Crippen molar-refractivity contribution in [3.8, 4) is 0 Å². The molecule has 2 amide bonds. The van der Waals surface area contributed by atoms with Crippen molar-refractivity contribution >= 4 is 46.6 Å². The molecule has 7 atom stereocenters. The van der Waals surface area contributed by atoms with Gasteiger partial charge in [-0.25, -0.2) is 4.79 Å². The number of nitrogens with zero attached hydrogens (tertiary/aromatic N) is 1. The van der Waals surface area contributed by atoms with E-state index in [9.17, 15) is 19.2 Å². The molecule has 1 N–H and O–H groups in total. The Labute approximate surface area is 214 Å². The number of imide groups is 1. The van der Waals surface area contributed by atoms with E-state index in [1.165, 1.54) is 23.3 Å². The second kappa shape index (κ2) is 7.91. The minimum absolute atomic E-state index is 0.0203. The fraction of sp³-hybridized carbons (Fsp3) is 0.333. The Kier molecular flexibility index (Phi) is 4.85. The molecule has 0 spiro atoms. The number of nitrogens with one attached hydrogen (secondary N) is 1. The topological polar surface area (TPSA) is 96.5 Å². The highest BCUT2D eigenvalue weighted by atomic mass is 32.2. The molecule has 2 aliphatic carbocycles. The zero-order valence-corrected chi connectivity index (χ0v) is 20.9. The van der Waals surface area contributed by atoms with Crippen LogP contribution in [-0.4, -0.2) is 35.1 Å². The quantitative estimate of drug-likeness (QED) is 0.417. The van der Waals surface area contributed by atoms with Crippen molar-refractivity contribution in [2.75, 3.05) is 12.0 Å². The molecule has 2 aliphatic heterocycles. The average molecular weight is 519 g/mol. The standard InChI is InChI=1S/C27H22N2O5S2/c1-34-26(32)13-8-5-9-14(10-13)29-24(30)19-15-11-16(20(19)25(29)31)21-18(15)17(12-6-3-2-4-7-12)22-23(35-21)28-27(33)36-22/h2-10,15-21H,11H2,1H3,(H,28,33)/t15-,16-,17-,18-,19+,20-,21-/m1/s1. The maximum Gasteiger partial charge on any atom is 0.337 e. The third-order valence-corrected chi connectivity index (χ3v) is 11.0. The largest absolute Gasteiger partial charge is 0.465 e. The highest BCUT2D eigenvalue weighted by Gasteiger charge is 2.69. The molecular formula is C27H22N2O5S2. The summed E-state index contributed by atoms with van der Waals surface area (Å²) in [6.07, 6.45) is 0.841. The summed E-state index contributed by atoms with van der Waals surface area (Å²) >= 11 is 2.94. The molecule has 9 heteroatoms. The summed E-state index contributed by atoms with van der Waals surface area (Å²) in [7, 11) is 1.30. The highest BCUT2D eigenvalue weighted by Crippen LogP contribution is 2.68. The second-order valence-corrected chi connectivity index (χ2v) is 12.1. The molecule has 182 valence electrons. The van der Waals surface area contributed by atoms with Gasteiger partial charge < -0.3 is 9.72 Å². The number of hydrogen-bond acceptors (Lipinski definition) is 7. The smallest absolute Gasteiger partial charge is 0.337 e. The molecule has 1 saturated heterocycles. The minimum Gasteiger partial charge on any atom is -0.465 e. The lowest BCUT2D eigenvalue weighted by Gasteiger charge is -2.43. The number of benzene rings is 2. The van der Waals surface area contributed by atoms with E-state index in [1.807, 2.05) is 18.2 Å². The molecule has 7 nitrogen and oxygen atoms in total. The third-order valence-electron chi connectivity index (χ3n) is 8.41. The van der Waals surface area contributed by atoms with Crippen LogP contribution in [0.25, 0.3) is 0 Å². The van der Waals surface area contributed by atoms with Crippen LogP contribution >= 0.6 is 23.1 Å². The van der Waals surface area contributed by atoms with Gasteiger partial charge in [0.15, 0.2) is 0 Å². The summed E-state index contributed by atoms with van der Waals surface area (Å²) in [5, 5.41) is 1.06. The third kappa shape index (κ3) is 2.93. The zero-order chi connectivity index (χ0) is 24.7. The molecule has 3 aromatic rings. The molecule has 0 radical (unpaired) electrons. The number of thiazole rings is 1. The summed E-state index contributed by atoms with van der Waals surface area (Å²) in [6.45, 7) is 0. The van der Waals surface area contributed by atoms with Crippen LogP contribution in [0.1, 0.15) is 33.1 Å². The van der Waals surface area contributed by atoms with Gasteiger partial charge in [0.2, 0.25) is 11.8 Å². The number of hydrogen-bond donors (Lipinski definition) is 1. The number of rotatable bonds is 3. The van der Waals surface area contributed by atoms with Gasteiger partial charge in [-0.05, 0) is 47.9 Å². The van der Waals surface area contributed by atoms with E-state index in [4.69, 9.17) is 4.74 Å². The Morgan fingerprint density at radius 1 is 1.00 bits per heavy atom. The van der Waals surface area contributed by atoms with E-state index in [0.29, 0.717) is 11.3 Å². The van der Waals surface area contributed by atoms with Gasteiger partial charge in [0, 0.05) is 16.0 Å². The molecule has 1 aromatic heterocycles. The molecule has 36 heavy (non-hydrogen) atoms. The number of carbonyl (C=O) groups excluding carboxylic acids is 3. The molecule has 2 bridgehead atoms. The number of methoxy groups -OCH3 is 1. The van der Waals surface area contributed by atoms with E-state index >= 15 is 0 Å². The van der Waals surface area contributed by atoms with Crippen LogP contribution in [0.5, 0.6) is 0 Å². The fourth-order valence-corrected chi connectivity index (χ4v) is 10.1. The molecule has 3 fully saturated rings. The van der Waals surface area contributed by atoms with Crippen LogP contribution in [0, 0.1) is 29.6 Å². The summed E-state index contributed by atoms with van der Waals surface area (Å²) < 4.78 is 4.82. The van der Waals surface area contributed by atoms with Crippen LogP contribution in [-0.2, 0) is 14.3 Å². The number of fused-ring (bicyclic) bond motifs is 9. The maximum atomic E-state index is 13.8. The van der Waals surface area contributed by atoms with Crippen molar-refractivity contribution in [3.63, 3.8) is 0 Å². The maximum absolute atomic E-state index is 13.8. The number of aromatic nitrogens is 1. The van der Waals surface area contributed by atoms with Crippen molar-refractivity contribution in [3.05, 3.63) is 80.3 Å². The lowest BCUT2D eigenvalue weighted by atomic mass is 9.68. The first kappa shape index (κ1) is 22.1. The molecule has 2 saturated carbocycles. The lowest BCUT2D eigenvalue weighted by Crippen LogP contribution is -2.42. The van der Waals surface area contributed by atoms with Crippen LogP contribution in [0.3, 0.4) is 0 Å². The van der Waals surface area contributed by atoms with Crippen molar-refractivity contribution in [2.24, 2.45) is 29.6 Å². The van der Waals surface area contributed by atoms with Gasteiger partial charge in [0.1, 0.15) is 0 Å². The highest BCUT2D eigenvalue weighted by molar-refractivity contribution is 8.00. The summed E-state index contributed by atoms with van der Waals surface area (Å²) in [6, 6.07) is 16.7. The first-order chi connectivity index (χ1) is 17.5. The zero-order valence-electron chi connectivity index (χ0n) is 19.2. The Morgan fingerprint density at radius 3 is 2.50 bits per heavy atom. The van der Waals surface area contributed by atoms with Gasteiger partial charge in [-0.3, -0.25) is 19.3 Å². The van der Waals surface area contributed by atoms with Crippen molar-refractivity contribution < 1.29 is 19.1 Å². The number of anilines is 1. The van der Waals surface area contributed by atoms with E-state index in [0.717, 1.165) is 21.9 Å². The van der Waals surface area contributed by atoms with Crippen LogP contribution in [0.4, 0.5) is 5.69 Å². The molecule has 0 unspecified atom stereocenters. The number of thioether (sulfide) groups is 1. The van der Waals surface area contributed by atoms with Gasteiger partial charge in [0.05, 0.1) is 35.2 Å². The number of carbonyl (C=O) groups is 3. The predicted molar refractivity (Wildman–Crippen MR) is 135 cm³/mol. The first-order valence-electron chi connectivity index (χ1n) is 12.0. The normalized spacial score (nSPS) is 31.8. The Hall–Kier alpha value is -3.17. The van der Waals surface area contributed by atoms with Crippen LogP contribution < -0.4 is 9.77 Å². The Bertz CT molecular complexity index is 1480. The van der Waals surface area contributed by atoms with Crippen molar-refractivity contribution in [2.45, 2.75) is 22.6 Å². The summed E-state index contributed by atoms with van der Waals surface area (Å²) in [5.74, 6) is -1.32. The van der Waals surface area contributed by atoms with Crippen molar-refractivity contribution in [1.29, 1.82) is 0 Å². The predicted octanol–water partition coefficient (Wildman–Crippen LogP) is 3.90. The van der Waals surface area contributed by atoms with Gasteiger partial charge in [-0.2, -0.15) is 0 Å². The molecule has 4 aliphatic rings. The minimum atomic E-state index is -0.510. The van der Waals surface area contributed by atoms with Gasteiger partial charge in [-0.15, -0.1) is 11.8 Å². The van der Waals surface area contributed by atoms with Crippen molar-refractivity contribution in [1.82, 2.24) is 4.98 Å². The van der Waals surface area contributed by atoms with Gasteiger partial charge in [-0.1, -0.05) is 47.7 Å². The summed E-state index contributed by atoms with van der Waals surface area (Å²) in [4.78, 5) is 57.3.